The molecule has 0 atom stereocenters. The number of amides is 2. The quantitative estimate of drug-likeness (QED) is 0.499. The molecule has 2 aromatic rings. The first-order chi connectivity index (χ1) is 13.9. The largest absolute Gasteiger partial charge is 0.478 e. The minimum atomic E-state index is -4.95. The second-order valence-electron chi connectivity index (χ2n) is 5.08. The van der Waals surface area contributed by atoms with Crippen LogP contribution in [-0.4, -0.2) is 48.7 Å². The van der Waals surface area contributed by atoms with Crippen LogP contribution in [0.5, 0.6) is 11.8 Å². The van der Waals surface area contributed by atoms with E-state index in [1.165, 1.54) is 4.72 Å². The zero-order chi connectivity index (χ0) is 22.6. The Hall–Kier alpha value is -3.69. The number of nitrogens with one attached hydrogen (secondary N) is 1. The van der Waals surface area contributed by atoms with Gasteiger partial charge in [-0.3, -0.25) is 0 Å². The molecular weight excluding hydrogens is 444 g/mol. The number of hydrogen-bond acceptors (Lipinski definition) is 8. The van der Waals surface area contributed by atoms with Crippen molar-refractivity contribution >= 4 is 22.0 Å². The molecule has 1 aromatic carbocycles. The number of halogens is 4. The number of alkyl halides is 4. The van der Waals surface area contributed by atoms with Gasteiger partial charge in [0.05, 0.1) is 11.6 Å². The van der Waals surface area contributed by atoms with Gasteiger partial charge in [-0.1, -0.05) is 6.07 Å². The van der Waals surface area contributed by atoms with Gasteiger partial charge in [0.25, 0.3) is 10.0 Å². The van der Waals surface area contributed by atoms with Crippen LogP contribution in [-0.2, 0) is 10.0 Å². The summed E-state index contributed by atoms with van der Waals surface area (Å²) in [6.45, 7) is -6.89. The molecule has 0 saturated carbocycles. The number of carboxylic acids is 1. The summed E-state index contributed by atoms with van der Waals surface area (Å²) in [5.41, 5.74) is 3.22. The van der Waals surface area contributed by atoms with E-state index in [2.05, 4.69) is 19.4 Å². The molecule has 11 nitrogen and oxygen atoms in total. The van der Waals surface area contributed by atoms with Crippen molar-refractivity contribution in [1.82, 2.24) is 14.7 Å². The van der Waals surface area contributed by atoms with Crippen LogP contribution in [0.2, 0.25) is 0 Å². The molecule has 2 rings (SSSR count). The Morgan fingerprint density at radius 3 is 2.03 bits per heavy atom. The zero-order valence-electron chi connectivity index (χ0n) is 14.3. The minimum Gasteiger partial charge on any atom is -0.478 e. The smallest absolute Gasteiger partial charge is 0.388 e. The van der Waals surface area contributed by atoms with E-state index in [0.717, 1.165) is 18.2 Å². The molecule has 1 heterocycles. The van der Waals surface area contributed by atoms with Crippen molar-refractivity contribution in [3.63, 3.8) is 0 Å². The molecule has 2 amide bonds. The Morgan fingerprint density at radius 1 is 1.07 bits per heavy atom. The number of urea groups is 1. The fourth-order valence-electron chi connectivity index (χ4n) is 2.18. The topological polar surface area (TPSA) is 171 Å². The third-order valence-corrected chi connectivity index (χ3v) is 4.54. The number of carbonyl (C=O) groups is 2. The lowest BCUT2D eigenvalue weighted by Gasteiger charge is -2.14. The van der Waals surface area contributed by atoms with Crippen LogP contribution in [0.25, 0.3) is 11.4 Å². The monoisotopic (exact) mass is 454 g/mol. The van der Waals surface area contributed by atoms with E-state index < -0.39 is 68.9 Å². The van der Waals surface area contributed by atoms with Crippen LogP contribution >= 0.6 is 0 Å². The van der Waals surface area contributed by atoms with E-state index in [0.29, 0.717) is 6.07 Å². The summed E-state index contributed by atoms with van der Waals surface area (Å²) in [6, 6.07) is 1.68. The third kappa shape index (κ3) is 5.43. The molecule has 4 N–H and O–H groups in total. The second-order valence-corrected chi connectivity index (χ2v) is 6.70. The van der Waals surface area contributed by atoms with E-state index in [9.17, 15) is 40.7 Å². The number of aromatic carboxylic acids is 1. The van der Waals surface area contributed by atoms with Crippen molar-refractivity contribution in [2.75, 3.05) is 0 Å². The van der Waals surface area contributed by atoms with Gasteiger partial charge in [0.15, 0.2) is 5.82 Å². The number of hydrogen-bond donors (Lipinski definition) is 3. The molecule has 0 fully saturated rings. The summed E-state index contributed by atoms with van der Waals surface area (Å²) in [5, 5.41) is 9.28. The highest BCUT2D eigenvalue weighted by molar-refractivity contribution is 7.90. The van der Waals surface area contributed by atoms with Crippen molar-refractivity contribution in [2.24, 2.45) is 5.73 Å². The van der Waals surface area contributed by atoms with Gasteiger partial charge in [-0.2, -0.15) is 27.5 Å². The number of nitrogens with zero attached hydrogens (tertiary/aromatic N) is 2. The Balaban J connectivity index is 2.81. The molecule has 0 bridgehead atoms. The summed E-state index contributed by atoms with van der Waals surface area (Å²) >= 11 is 0. The first-order valence-corrected chi connectivity index (χ1v) is 8.86. The molecular formula is C14H10F4N4O7S. The van der Waals surface area contributed by atoms with Gasteiger partial charge in [-0.05, 0) is 12.1 Å². The third-order valence-electron chi connectivity index (χ3n) is 3.09. The Bertz CT molecular complexity index is 1050. The zero-order valence-corrected chi connectivity index (χ0v) is 15.1. The predicted octanol–water partition coefficient (Wildman–Crippen LogP) is 1.40. The molecule has 0 aliphatic heterocycles. The van der Waals surface area contributed by atoms with E-state index in [1.807, 2.05) is 0 Å². The standard InChI is InChI=1S/C14H10F4N4O7S/c15-12(16)28-7-4-8(29-13(17)18)21-10(20-7)5-2-1-3-6(11(23)24)9(5)30(26,27)22-14(19)25/h1-4,12-13H,(H,23,24)(H3,19,22,25). The fraction of sp³-hybridized carbons (Fsp3) is 0.143. The lowest BCUT2D eigenvalue weighted by Crippen LogP contribution is -2.36. The van der Waals surface area contributed by atoms with Gasteiger partial charge in [0.2, 0.25) is 11.8 Å². The average molecular weight is 454 g/mol. The molecule has 162 valence electrons. The summed E-state index contributed by atoms with van der Waals surface area (Å²) in [6.07, 6.45) is 0. The number of benzene rings is 1. The van der Waals surface area contributed by atoms with Gasteiger partial charge in [0, 0.05) is 5.56 Å². The maximum absolute atomic E-state index is 12.5. The van der Waals surface area contributed by atoms with Crippen LogP contribution in [0.15, 0.2) is 29.2 Å². The number of rotatable bonds is 8. The molecule has 0 aliphatic carbocycles. The molecule has 0 radical (unpaired) electrons. The molecule has 0 spiro atoms. The highest BCUT2D eigenvalue weighted by atomic mass is 32.2. The van der Waals surface area contributed by atoms with Crippen LogP contribution < -0.4 is 19.9 Å². The van der Waals surface area contributed by atoms with E-state index >= 15 is 0 Å². The molecule has 0 unspecified atom stereocenters. The highest BCUT2D eigenvalue weighted by Gasteiger charge is 2.29. The SMILES string of the molecule is NC(=O)NS(=O)(=O)c1c(C(=O)O)cccc1-c1nc(OC(F)F)cc(OC(F)F)n1. The van der Waals surface area contributed by atoms with Crippen molar-refractivity contribution in [3.8, 4) is 23.1 Å². The summed E-state index contributed by atoms with van der Waals surface area (Å²) in [5.74, 6) is -4.59. The van der Waals surface area contributed by atoms with Crippen LogP contribution in [0, 0.1) is 0 Å². The van der Waals surface area contributed by atoms with Gasteiger partial charge >= 0.3 is 25.2 Å². The first-order valence-electron chi connectivity index (χ1n) is 7.38. The molecule has 30 heavy (non-hydrogen) atoms. The normalized spacial score (nSPS) is 11.4. The van der Waals surface area contributed by atoms with Crippen molar-refractivity contribution in [3.05, 3.63) is 29.8 Å². The lowest BCUT2D eigenvalue weighted by molar-refractivity contribution is -0.0580. The van der Waals surface area contributed by atoms with Gasteiger partial charge in [0.1, 0.15) is 4.90 Å². The number of nitrogens with two attached hydrogens (primary N) is 1. The molecule has 0 aliphatic rings. The number of aromatic nitrogens is 2. The summed E-state index contributed by atoms with van der Waals surface area (Å²) in [7, 11) is -4.95. The Kier molecular flexibility index (Phi) is 6.60. The number of carboxylic acid groups (broad SMARTS) is 1. The number of primary amides is 1. The lowest BCUT2D eigenvalue weighted by atomic mass is 10.1. The molecule has 16 heteroatoms. The number of ether oxygens (including phenoxy) is 2. The maximum atomic E-state index is 12.5. The number of sulfonamides is 1. The van der Waals surface area contributed by atoms with E-state index in [4.69, 9.17) is 5.73 Å². The van der Waals surface area contributed by atoms with Gasteiger partial charge < -0.3 is 20.3 Å². The molecule has 1 aromatic heterocycles. The fourth-order valence-corrected chi connectivity index (χ4v) is 3.44. The highest BCUT2D eigenvalue weighted by Crippen LogP contribution is 2.31. The average Bonchev–Trinajstić information content (AvgIpc) is 2.58. The first kappa shape index (κ1) is 22.6. The molecule has 0 saturated heterocycles. The van der Waals surface area contributed by atoms with E-state index in [1.54, 1.807) is 0 Å². The van der Waals surface area contributed by atoms with Crippen molar-refractivity contribution in [2.45, 2.75) is 18.1 Å². The Morgan fingerprint density at radius 2 is 1.60 bits per heavy atom. The van der Waals surface area contributed by atoms with Gasteiger partial charge in [-0.25, -0.2) is 22.7 Å². The summed E-state index contributed by atoms with van der Waals surface area (Å²) < 4.78 is 84.3. The van der Waals surface area contributed by atoms with Crippen LogP contribution in [0.3, 0.4) is 0 Å². The van der Waals surface area contributed by atoms with E-state index in [-0.39, 0.29) is 0 Å². The minimum absolute atomic E-state index is 0.471. The predicted molar refractivity (Wildman–Crippen MR) is 87.6 cm³/mol. The Labute approximate surface area is 164 Å². The van der Waals surface area contributed by atoms with Crippen LogP contribution in [0.4, 0.5) is 22.4 Å². The second kappa shape index (κ2) is 8.76. The van der Waals surface area contributed by atoms with Crippen molar-refractivity contribution < 1.29 is 50.1 Å². The maximum Gasteiger partial charge on any atom is 0.388 e. The van der Waals surface area contributed by atoms with Crippen molar-refractivity contribution in [1.29, 1.82) is 0 Å². The van der Waals surface area contributed by atoms with Gasteiger partial charge in [-0.15, -0.1) is 0 Å². The summed E-state index contributed by atoms with van der Waals surface area (Å²) in [4.78, 5) is 28.3. The number of carbonyl (C=O) groups excluding carboxylic acids is 1. The van der Waals surface area contributed by atoms with Crippen LogP contribution in [0.1, 0.15) is 10.4 Å².